The number of methoxy groups -OCH3 is 1. The minimum Gasteiger partial charge on any atom is -0.346 e. The summed E-state index contributed by atoms with van der Waals surface area (Å²) in [6.07, 6.45) is 6.18. The summed E-state index contributed by atoms with van der Waals surface area (Å²) < 4.78 is 12.3. The van der Waals surface area contributed by atoms with Gasteiger partial charge >= 0.3 is 0 Å². The van der Waals surface area contributed by atoms with Crippen molar-refractivity contribution >= 4 is 28.4 Å². The number of carbonyl (C=O) groups excluding carboxylic acids is 1. The highest BCUT2D eigenvalue weighted by Gasteiger charge is 2.27. The second-order valence-electron chi connectivity index (χ2n) is 3.87. The van der Waals surface area contributed by atoms with Crippen molar-refractivity contribution in [3.8, 4) is 0 Å². The highest BCUT2D eigenvalue weighted by molar-refractivity contribution is 14.1. The molecule has 0 aliphatic heterocycles. The van der Waals surface area contributed by atoms with Crippen molar-refractivity contribution in [3.05, 3.63) is 57.7 Å². The Morgan fingerprint density at radius 1 is 1.22 bits per heavy atom. The smallest absolute Gasteiger partial charge is 0.208 e. The van der Waals surface area contributed by atoms with Gasteiger partial charge in [0.2, 0.25) is 5.79 Å². The number of hydrogen-bond acceptors (Lipinski definition) is 3. The largest absolute Gasteiger partial charge is 0.346 e. The molecule has 2 rings (SSSR count). The first-order chi connectivity index (χ1) is 8.65. The molecule has 4 heteroatoms. The highest BCUT2D eigenvalue weighted by Crippen LogP contribution is 2.23. The van der Waals surface area contributed by atoms with Crippen molar-refractivity contribution in [1.29, 1.82) is 0 Å². The molecule has 0 unspecified atom stereocenters. The molecule has 18 heavy (non-hydrogen) atoms. The van der Waals surface area contributed by atoms with Crippen LogP contribution < -0.4 is 0 Å². The molecule has 0 heterocycles. The summed E-state index contributed by atoms with van der Waals surface area (Å²) in [4.78, 5) is 11.1. The van der Waals surface area contributed by atoms with Crippen molar-refractivity contribution in [1.82, 2.24) is 0 Å². The molecule has 0 fully saturated rings. The van der Waals surface area contributed by atoms with E-state index < -0.39 is 5.79 Å². The summed E-state index contributed by atoms with van der Waals surface area (Å²) >= 11 is 2.26. The molecule has 1 aromatic carbocycles. The molecule has 0 radical (unpaired) electrons. The zero-order valence-electron chi connectivity index (χ0n) is 9.93. The molecule has 0 spiro atoms. The third kappa shape index (κ3) is 3.07. The predicted octanol–water partition coefficient (Wildman–Crippen LogP) is 2.85. The van der Waals surface area contributed by atoms with E-state index in [4.69, 9.17) is 9.47 Å². The van der Waals surface area contributed by atoms with Gasteiger partial charge in [-0.05, 0) is 58.5 Å². The van der Waals surface area contributed by atoms with Crippen LogP contribution in [-0.2, 0) is 20.9 Å². The molecule has 1 aliphatic rings. The van der Waals surface area contributed by atoms with Crippen molar-refractivity contribution in [2.45, 2.75) is 12.4 Å². The van der Waals surface area contributed by atoms with Crippen LogP contribution in [0.3, 0.4) is 0 Å². The molecule has 0 amide bonds. The van der Waals surface area contributed by atoms with E-state index in [9.17, 15) is 4.79 Å². The van der Waals surface area contributed by atoms with Gasteiger partial charge in [0.25, 0.3) is 0 Å². The summed E-state index contributed by atoms with van der Waals surface area (Å²) in [5, 5.41) is 0. The maximum atomic E-state index is 11.1. The summed E-state index contributed by atoms with van der Waals surface area (Å²) in [6.45, 7) is 0.426. The van der Waals surface area contributed by atoms with Gasteiger partial charge in [-0.1, -0.05) is 18.2 Å². The first-order valence-corrected chi connectivity index (χ1v) is 6.58. The zero-order chi connectivity index (χ0) is 13.0. The lowest BCUT2D eigenvalue weighted by atomic mass is 10.1. The summed E-state index contributed by atoms with van der Waals surface area (Å²) in [5.74, 6) is -0.993. The molecule has 0 bridgehead atoms. The van der Waals surface area contributed by atoms with E-state index in [1.165, 1.54) is 12.2 Å². The average Bonchev–Trinajstić information content (AvgIpc) is 2.40. The molecule has 0 saturated carbocycles. The van der Waals surface area contributed by atoms with Gasteiger partial charge in [-0.3, -0.25) is 4.79 Å². The van der Waals surface area contributed by atoms with Crippen LogP contribution in [0.15, 0.2) is 48.6 Å². The fourth-order valence-electron chi connectivity index (χ4n) is 1.60. The van der Waals surface area contributed by atoms with E-state index in [0.717, 1.165) is 9.13 Å². The highest BCUT2D eigenvalue weighted by atomic mass is 127. The van der Waals surface area contributed by atoms with E-state index in [-0.39, 0.29) is 5.78 Å². The Morgan fingerprint density at radius 3 is 2.50 bits per heavy atom. The summed E-state index contributed by atoms with van der Waals surface area (Å²) in [6, 6.07) is 7.98. The van der Waals surface area contributed by atoms with Gasteiger partial charge in [-0.25, -0.2) is 0 Å². The first kappa shape index (κ1) is 13.5. The van der Waals surface area contributed by atoms with Gasteiger partial charge in [0.1, 0.15) is 0 Å². The van der Waals surface area contributed by atoms with Crippen LogP contribution in [0.4, 0.5) is 0 Å². The van der Waals surface area contributed by atoms with E-state index in [1.54, 1.807) is 19.3 Å². The maximum Gasteiger partial charge on any atom is 0.208 e. The van der Waals surface area contributed by atoms with Crippen LogP contribution in [0.1, 0.15) is 5.56 Å². The normalized spacial score (nSPS) is 17.1. The van der Waals surface area contributed by atoms with E-state index >= 15 is 0 Å². The maximum absolute atomic E-state index is 11.1. The van der Waals surface area contributed by atoms with Gasteiger partial charge in [-0.15, -0.1) is 0 Å². The summed E-state index contributed by atoms with van der Waals surface area (Å²) in [7, 11) is 1.56. The van der Waals surface area contributed by atoms with Gasteiger partial charge in [0.05, 0.1) is 6.61 Å². The van der Waals surface area contributed by atoms with E-state index in [2.05, 4.69) is 22.6 Å². The molecule has 0 atom stereocenters. The van der Waals surface area contributed by atoms with Gasteiger partial charge in [0.15, 0.2) is 5.78 Å². The number of rotatable bonds is 4. The van der Waals surface area contributed by atoms with E-state index in [1.807, 2.05) is 24.3 Å². The quantitative estimate of drug-likeness (QED) is 0.615. The standard InChI is InChI=1S/C14H13IO3/c1-17-14(8-6-12(16)7-9-14)18-10-11-4-2-3-5-13(11)15/h2-9H,10H2,1H3. The molecule has 94 valence electrons. The summed E-state index contributed by atoms with van der Waals surface area (Å²) in [5.41, 5.74) is 1.09. The average molecular weight is 356 g/mol. The minimum atomic E-state index is -0.938. The van der Waals surface area contributed by atoms with Crippen molar-refractivity contribution in [3.63, 3.8) is 0 Å². The van der Waals surface area contributed by atoms with Gasteiger partial charge < -0.3 is 9.47 Å². The number of hydrogen-bond donors (Lipinski definition) is 0. The lowest BCUT2D eigenvalue weighted by Crippen LogP contribution is -2.32. The molecular weight excluding hydrogens is 343 g/mol. The van der Waals surface area contributed by atoms with Crippen molar-refractivity contribution in [2.24, 2.45) is 0 Å². The van der Waals surface area contributed by atoms with Crippen LogP contribution in [0.5, 0.6) is 0 Å². The number of ether oxygens (including phenoxy) is 2. The SMILES string of the molecule is COC1(OCc2ccccc2I)C=CC(=O)C=C1. The van der Waals surface area contributed by atoms with Crippen LogP contribution in [0, 0.1) is 3.57 Å². The molecule has 1 aliphatic carbocycles. The fourth-order valence-corrected chi connectivity index (χ4v) is 2.15. The van der Waals surface area contributed by atoms with Crippen LogP contribution in [-0.4, -0.2) is 18.7 Å². The second-order valence-corrected chi connectivity index (χ2v) is 5.04. The monoisotopic (exact) mass is 356 g/mol. The van der Waals surface area contributed by atoms with E-state index in [0.29, 0.717) is 6.61 Å². The Hall–Kier alpha value is -0.980. The topological polar surface area (TPSA) is 35.5 Å². The van der Waals surface area contributed by atoms with Crippen LogP contribution >= 0.6 is 22.6 Å². The molecular formula is C14H13IO3. The predicted molar refractivity (Wildman–Crippen MR) is 77.0 cm³/mol. The Labute approximate surface area is 120 Å². The third-order valence-electron chi connectivity index (χ3n) is 2.69. The Bertz CT molecular complexity index is 490. The lowest BCUT2D eigenvalue weighted by Gasteiger charge is -2.27. The zero-order valence-corrected chi connectivity index (χ0v) is 12.1. The van der Waals surface area contributed by atoms with Crippen molar-refractivity contribution in [2.75, 3.05) is 7.11 Å². The first-order valence-electron chi connectivity index (χ1n) is 5.50. The molecule has 3 nitrogen and oxygen atoms in total. The molecule has 0 N–H and O–H groups in total. The number of carbonyl (C=O) groups is 1. The third-order valence-corrected chi connectivity index (χ3v) is 3.74. The second kappa shape index (κ2) is 5.77. The van der Waals surface area contributed by atoms with Gasteiger partial charge in [-0.2, -0.15) is 0 Å². The Balaban J connectivity index is 2.09. The van der Waals surface area contributed by atoms with Gasteiger partial charge in [0, 0.05) is 10.7 Å². The molecule has 0 aromatic heterocycles. The Kier molecular flexibility index (Phi) is 4.31. The number of ketones is 1. The van der Waals surface area contributed by atoms with Crippen LogP contribution in [0.2, 0.25) is 0 Å². The molecule has 0 saturated heterocycles. The van der Waals surface area contributed by atoms with Crippen LogP contribution in [0.25, 0.3) is 0 Å². The van der Waals surface area contributed by atoms with Crippen molar-refractivity contribution < 1.29 is 14.3 Å². The Morgan fingerprint density at radius 2 is 1.89 bits per heavy atom. The fraction of sp³-hybridized carbons (Fsp3) is 0.214. The lowest BCUT2D eigenvalue weighted by molar-refractivity contribution is -0.162. The number of allylic oxidation sites excluding steroid dienone is 2. The minimum absolute atomic E-state index is 0.0550. The molecule has 1 aromatic rings. The number of halogens is 1. The number of benzene rings is 1.